The van der Waals surface area contributed by atoms with Gasteiger partial charge in [0.15, 0.2) is 0 Å². The van der Waals surface area contributed by atoms with Gasteiger partial charge in [0.25, 0.3) is 0 Å². The number of carbonyl (C=O) groups is 1. The normalized spacial score (nSPS) is 10.1. The van der Waals surface area contributed by atoms with Crippen LogP contribution in [0.4, 0.5) is 0 Å². The van der Waals surface area contributed by atoms with Gasteiger partial charge in [-0.05, 0) is 33.0 Å². The number of amides is 1. The molecule has 1 N–H and O–H groups in total. The van der Waals surface area contributed by atoms with Crippen LogP contribution in [-0.4, -0.2) is 38.0 Å². The molecule has 0 heterocycles. The van der Waals surface area contributed by atoms with E-state index in [2.05, 4.69) is 24.2 Å². The average Bonchev–Trinajstić information content (AvgIpc) is 1.99. The largest absolute Gasteiger partial charge is 0.359 e. The lowest BCUT2D eigenvalue weighted by Gasteiger charge is -2.14. The lowest BCUT2D eigenvalue weighted by atomic mass is 10.3. The number of hydrogen-bond acceptors (Lipinski definition) is 2. The monoisotopic (exact) mass is 158 g/mol. The zero-order valence-corrected chi connectivity index (χ0v) is 7.47. The highest BCUT2D eigenvalue weighted by Gasteiger charge is 1.94. The molecule has 0 aliphatic rings. The molecule has 3 heteroatoms. The summed E-state index contributed by atoms with van der Waals surface area (Å²) < 4.78 is 0. The van der Waals surface area contributed by atoms with Gasteiger partial charge in [-0.3, -0.25) is 4.79 Å². The van der Waals surface area contributed by atoms with Gasteiger partial charge < -0.3 is 10.2 Å². The van der Waals surface area contributed by atoms with E-state index in [1.807, 2.05) is 0 Å². The van der Waals surface area contributed by atoms with Crippen LogP contribution in [0, 0.1) is 0 Å². The van der Waals surface area contributed by atoms with Crippen LogP contribution >= 0.6 is 0 Å². The molecular formula is C8H18N2O. The Morgan fingerprint density at radius 2 is 2.18 bits per heavy atom. The van der Waals surface area contributed by atoms with Gasteiger partial charge in [-0.1, -0.05) is 6.92 Å². The minimum absolute atomic E-state index is 0.750. The summed E-state index contributed by atoms with van der Waals surface area (Å²) in [5.74, 6) is 0. The summed E-state index contributed by atoms with van der Waals surface area (Å²) in [5, 5.41) is 2.64. The van der Waals surface area contributed by atoms with Crippen molar-refractivity contribution in [2.45, 2.75) is 19.8 Å². The number of hydrogen-bond donors (Lipinski definition) is 1. The Balaban J connectivity index is 3.03. The molecule has 0 rings (SSSR count). The van der Waals surface area contributed by atoms with Crippen molar-refractivity contribution in [1.29, 1.82) is 0 Å². The Bertz CT molecular complexity index is 96.1. The first-order chi connectivity index (χ1) is 5.31. The lowest BCUT2D eigenvalue weighted by Crippen LogP contribution is -2.24. The molecule has 0 aromatic carbocycles. The fourth-order valence-electron chi connectivity index (χ4n) is 1.00. The van der Waals surface area contributed by atoms with Crippen LogP contribution in [0.25, 0.3) is 0 Å². The molecule has 66 valence electrons. The van der Waals surface area contributed by atoms with E-state index in [1.54, 1.807) is 0 Å². The SMILES string of the molecule is CCCN(C)CCCNC=O. The Labute approximate surface area is 68.8 Å². The summed E-state index contributed by atoms with van der Waals surface area (Å²) in [4.78, 5) is 12.1. The van der Waals surface area contributed by atoms with Crippen LogP contribution in [0.5, 0.6) is 0 Å². The molecule has 0 spiro atoms. The standard InChI is InChI=1S/C8H18N2O/c1-3-6-10(2)7-4-5-9-8-11/h8H,3-7H2,1-2H3,(H,9,11). The molecule has 0 saturated carbocycles. The minimum Gasteiger partial charge on any atom is -0.359 e. The maximum atomic E-state index is 9.85. The molecule has 0 fully saturated rings. The van der Waals surface area contributed by atoms with E-state index < -0.39 is 0 Å². The van der Waals surface area contributed by atoms with Gasteiger partial charge in [-0.2, -0.15) is 0 Å². The summed E-state index contributed by atoms with van der Waals surface area (Å²) in [6.07, 6.45) is 2.98. The van der Waals surface area contributed by atoms with Crippen molar-refractivity contribution in [1.82, 2.24) is 10.2 Å². The van der Waals surface area contributed by atoms with Gasteiger partial charge in [0.05, 0.1) is 0 Å². The molecule has 0 aliphatic heterocycles. The first-order valence-corrected chi connectivity index (χ1v) is 4.16. The van der Waals surface area contributed by atoms with Crippen LogP contribution < -0.4 is 5.32 Å². The summed E-state index contributed by atoms with van der Waals surface area (Å²) in [7, 11) is 2.10. The highest BCUT2D eigenvalue weighted by molar-refractivity contribution is 5.45. The van der Waals surface area contributed by atoms with Crippen molar-refractivity contribution in [3.8, 4) is 0 Å². The molecule has 3 nitrogen and oxygen atoms in total. The molecule has 0 aliphatic carbocycles. The lowest BCUT2D eigenvalue weighted by molar-refractivity contribution is -0.109. The average molecular weight is 158 g/mol. The van der Waals surface area contributed by atoms with Gasteiger partial charge in [0.1, 0.15) is 0 Å². The summed E-state index contributed by atoms with van der Waals surface area (Å²) >= 11 is 0. The quantitative estimate of drug-likeness (QED) is 0.431. The summed E-state index contributed by atoms with van der Waals surface area (Å²) in [6.45, 7) is 5.16. The predicted octanol–water partition coefficient (Wildman–Crippen LogP) is 0.464. The van der Waals surface area contributed by atoms with Crippen LogP contribution in [0.2, 0.25) is 0 Å². The minimum atomic E-state index is 0.750. The first kappa shape index (κ1) is 10.4. The zero-order valence-electron chi connectivity index (χ0n) is 7.47. The van der Waals surface area contributed by atoms with Crippen molar-refractivity contribution in [2.75, 3.05) is 26.7 Å². The van der Waals surface area contributed by atoms with Gasteiger partial charge >= 0.3 is 0 Å². The topological polar surface area (TPSA) is 32.3 Å². The van der Waals surface area contributed by atoms with Gasteiger partial charge in [0, 0.05) is 6.54 Å². The molecule has 0 radical (unpaired) electrons. The van der Waals surface area contributed by atoms with E-state index in [4.69, 9.17) is 0 Å². The number of nitrogens with one attached hydrogen (secondary N) is 1. The van der Waals surface area contributed by atoms with E-state index in [9.17, 15) is 4.79 Å². The fourth-order valence-corrected chi connectivity index (χ4v) is 1.00. The smallest absolute Gasteiger partial charge is 0.207 e. The van der Waals surface area contributed by atoms with E-state index in [1.165, 1.54) is 6.42 Å². The Kier molecular flexibility index (Phi) is 7.15. The van der Waals surface area contributed by atoms with Crippen LogP contribution in [0.3, 0.4) is 0 Å². The molecule has 1 amide bonds. The fraction of sp³-hybridized carbons (Fsp3) is 0.875. The molecule has 0 saturated heterocycles. The second-order valence-corrected chi connectivity index (χ2v) is 2.73. The highest BCUT2D eigenvalue weighted by Crippen LogP contribution is 1.87. The number of rotatable bonds is 7. The van der Waals surface area contributed by atoms with Crippen molar-refractivity contribution < 1.29 is 4.79 Å². The molecule has 11 heavy (non-hydrogen) atoms. The molecule has 0 unspecified atom stereocenters. The van der Waals surface area contributed by atoms with E-state index in [-0.39, 0.29) is 0 Å². The summed E-state index contributed by atoms with van der Waals surface area (Å²) in [6, 6.07) is 0. The molecule has 0 aromatic rings. The Hall–Kier alpha value is -0.570. The van der Waals surface area contributed by atoms with Crippen molar-refractivity contribution in [3.05, 3.63) is 0 Å². The van der Waals surface area contributed by atoms with Crippen LogP contribution in [0.1, 0.15) is 19.8 Å². The Morgan fingerprint density at radius 3 is 2.73 bits per heavy atom. The predicted molar refractivity (Wildman–Crippen MR) is 46.5 cm³/mol. The van der Waals surface area contributed by atoms with Gasteiger partial charge in [-0.25, -0.2) is 0 Å². The molecular weight excluding hydrogens is 140 g/mol. The van der Waals surface area contributed by atoms with Gasteiger partial charge in [-0.15, -0.1) is 0 Å². The highest BCUT2D eigenvalue weighted by atomic mass is 16.1. The van der Waals surface area contributed by atoms with Crippen molar-refractivity contribution >= 4 is 6.41 Å². The second kappa shape index (κ2) is 7.54. The third-order valence-corrected chi connectivity index (χ3v) is 1.55. The maximum Gasteiger partial charge on any atom is 0.207 e. The Morgan fingerprint density at radius 1 is 1.45 bits per heavy atom. The number of carbonyl (C=O) groups excluding carboxylic acids is 1. The van der Waals surface area contributed by atoms with E-state index in [0.29, 0.717) is 0 Å². The van der Waals surface area contributed by atoms with Crippen molar-refractivity contribution in [3.63, 3.8) is 0 Å². The van der Waals surface area contributed by atoms with Crippen LogP contribution in [-0.2, 0) is 4.79 Å². The maximum absolute atomic E-state index is 9.85. The third kappa shape index (κ3) is 7.33. The third-order valence-electron chi connectivity index (χ3n) is 1.55. The van der Waals surface area contributed by atoms with E-state index in [0.717, 1.165) is 32.5 Å². The molecule has 0 bridgehead atoms. The zero-order chi connectivity index (χ0) is 8.53. The van der Waals surface area contributed by atoms with Crippen LogP contribution in [0.15, 0.2) is 0 Å². The van der Waals surface area contributed by atoms with Gasteiger partial charge in [0.2, 0.25) is 6.41 Å². The molecule has 0 atom stereocenters. The van der Waals surface area contributed by atoms with Crippen molar-refractivity contribution in [2.24, 2.45) is 0 Å². The summed E-state index contributed by atoms with van der Waals surface area (Å²) in [5.41, 5.74) is 0. The first-order valence-electron chi connectivity index (χ1n) is 4.16. The van der Waals surface area contributed by atoms with E-state index >= 15 is 0 Å². The number of nitrogens with zero attached hydrogens (tertiary/aromatic N) is 1. The molecule has 0 aromatic heterocycles. The second-order valence-electron chi connectivity index (χ2n) is 2.73.